The Kier molecular flexibility index (Phi) is 11.2. The fourth-order valence-corrected chi connectivity index (χ4v) is 1.80. The molecular formula is C15H32N2O. The van der Waals surface area contributed by atoms with Crippen LogP contribution in [0.3, 0.4) is 0 Å². The summed E-state index contributed by atoms with van der Waals surface area (Å²) in [4.78, 5) is 11.5. The molecule has 3 N–H and O–H groups in total. The van der Waals surface area contributed by atoms with E-state index in [-0.39, 0.29) is 11.9 Å². The van der Waals surface area contributed by atoms with Crippen molar-refractivity contribution < 1.29 is 4.79 Å². The molecule has 1 unspecified atom stereocenters. The highest BCUT2D eigenvalue weighted by Crippen LogP contribution is 2.08. The van der Waals surface area contributed by atoms with Gasteiger partial charge in [0.05, 0.1) is 0 Å². The van der Waals surface area contributed by atoms with Gasteiger partial charge in [-0.05, 0) is 12.3 Å². The standard InChI is InChI=1S/C15H32N2O/c1-4-5-6-7-8-9-10-11-15(18)17-12-14(16)13(2)3/h13-14H,4-12,16H2,1-3H3,(H,17,18). The zero-order chi connectivity index (χ0) is 13.8. The highest BCUT2D eigenvalue weighted by molar-refractivity contribution is 5.75. The topological polar surface area (TPSA) is 55.1 Å². The van der Waals surface area contributed by atoms with Crippen LogP contribution in [0.2, 0.25) is 0 Å². The largest absolute Gasteiger partial charge is 0.355 e. The maximum absolute atomic E-state index is 11.5. The van der Waals surface area contributed by atoms with Crippen LogP contribution in [0.25, 0.3) is 0 Å². The van der Waals surface area contributed by atoms with Crippen LogP contribution in [0.1, 0.15) is 72.1 Å². The number of hydrogen-bond acceptors (Lipinski definition) is 2. The molecule has 0 saturated heterocycles. The van der Waals surface area contributed by atoms with Crippen LogP contribution in [-0.2, 0) is 4.79 Å². The van der Waals surface area contributed by atoms with Crippen molar-refractivity contribution in [3.8, 4) is 0 Å². The highest BCUT2D eigenvalue weighted by atomic mass is 16.1. The molecule has 108 valence electrons. The Morgan fingerprint density at radius 2 is 1.61 bits per heavy atom. The Morgan fingerprint density at radius 1 is 1.06 bits per heavy atom. The van der Waals surface area contributed by atoms with E-state index in [1.54, 1.807) is 0 Å². The van der Waals surface area contributed by atoms with E-state index in [1.165, 1.54) is 38.5 Å². The first kappa shape index (κ1) is 17.4. The van der Waals surface area contributed by atoms with Gasteiger partial charge in [0.15, 0.2) is 0 Å². The molecule has 0 aromatic carbocycles. The molecule has 0 aliphatic carbocycles. The van der Waals surface area contributed by atoms with Crippen molar-refractivity contribution in [3.05, 3.63) is 0 Å². The summed E-state index contributed by atoms with van der Waals surface area (Å²) < 4.78 is 0. The third-order valence-electron chi connectivity index (χ3n) is 3.40. The van der Waals surface area contributed by atoms with Gasteiger partial charge in [0.2, 0.25) is 5.91 Å². The Hall–Kier alpha value is -0.570. The lowest BCUT2D eigenvalue weighted by Gasteiger charge is -2.16. The minimum atomic E-state index is 0.0722. The second-order valence-electron chi connectivity index (χ2n) is 5.58. The molecular weight excluding hydrogens is 224 g/mol. The molecule has 0 aromatic heterocycles. The van der Waals surface area contributed by atoms with Crippen LogP contribution >= 0.6 is 0 Å². The summed E-state index contributed by atoms with van der Waals surface area (Å²) in [5.41, 5.74) is 5.87. The summed E-state index contributed by atoms with van der Waals surface area (Å²) in [5.74, 6) is 0.573. The maximum Gasteiger partial charge on any atom is 0.220 e. The number of carbonyl (C=O) groups excluding carboxylic acids is 1. The highest BCUT2D eigenvalue weighted by Gasteiger charge is 2.08. The molecule has 0 bridgehead atoms. The van der Waals surface area contributed by atoms with E-state index in [9.17, 15) is 4.79 Å². The third kappa shape index (κ3) is 10.6. The van der Waals surface area contributed by atoms with Crippen molar-refractivity contribution in [1.29, 1.82) is 0 Å². The Labute approximate surface area is 113 Å². The lowest BCUT2D eigenvalue weighted by molar-refractivity contribution is -0.121. The second kappa shape index (κ2) is 11.5. The number of nitrogens with one attached hydrogen (secondary N) is 1. The van der Waals surface area contributed by atoms with Gasteiger partial charge >= 0.3 is 0 Å². The number of hydrogen-bond donors (Lipinski definition) is 2. The lowest BCUT2D eigenvalue weighted by atomic mass is 10.1. The van der Waals surface area contributed by atoms with Crippen molar-refractivity contribution in [3.63, 3.8) is 0 Å². The first-order valence-electron chi connectivity index (χ1n) is 7.60. The summed E-state index contributed by atoms with van der Waals surface area (Å²) in [6, 6.07) is 0.0722. The molecule has 0 radical (unpaired) electrons. The van der Waals surface area contributed by atoms with Gasteiger partial charge in [-0.2, -0.15) is 0 Å². The number of carbonyl (C=O) groups is 1. The number of unbranched alkanes of at least 4 members (excludes halogenated alkanes) is 6. The van der Waals surface area contributed by atoms with Gasteiger partial charge in [-0.3, -0.25) is 4.79 Å². The van der Waals surface area contributed by atoms with Crippen molar-refractivity contribution >= 4 is 5.91 Å². The smallest absolute Gasteiger partial charge is 0.220 e. The SMILES string of the molecule is CCCCCCCCCC(=O)NCC(N)C(C)C. The van der Waals surface area contributed by atoms with Gasteiger partial charge in [0.1, 0.15) is 0 Å². The van der Waals surface area contributed by atoms with Gasteiger partial charge in [-0.25, -0.2) is 0 Å². The molecule has 3 heteroatoms. The predicted octanol–water partition coefficient (Wildman–Crippen LogP) is 3.23. The van der Waals surface area contributed by atoms with Crippen molar-refractivity contribution in [2.24, 2.45) is 11.7 Å². The zero-order valence-corrected chi connectivity index (χ0v) is 12.5. The fraction of sp³-hybridized carbons (Fsp3) is 0.933. The van der Waals surface area contributed by atoms with E-state index in [1.807, 2.05) is 0 Å². The van der Waals surface area contributed by atoms with E-state index in [4.69, 9.17) is 5.73 Å². The number of nitrogens with two attached hydrogens (primary N) is 1. The molecule has 18 heavy (non-hydrogen) atoms. The summed E-state index contributed by atoms with van der Waals surface area (Å²) in [6.45, 7) is 6.99. The summed E-state index contributed by atoms with van der Waals surface area (Å²) >= 11 is 0. The number of rotatable bonds is 11. The molecule has 3 nitrogen and oxygen atoms in total. The van der Waals surface area contributed by atoms with Gasteiger partial charge in [0, 0.05) is 19.0 Å². The molecule has 0 rings (SSSR count). The van der Waals surface area contributed by atoms with E-state index in [0.717, 1.165) is 6.42 Å². The predicted molar refractivity (Wildman–Crippen MR) is 78.4 cm³/mol. The average molecular weight is 256 g/mol. The zero-order valence-electron chi connectivity index (χ0n) is 12.5. The van der Waals surface area contributed by atoms with Crippen molar-refractivity contribution in [2.75, 3.05) is 6.54 Å². The van der Waals surface area contributed by atoms with Crippen molar-refractivity contribution in [2.45, 2.75) is 78.2 Å². The normalized spacial score (nSPS) is 12.7. The van der Waals surface area contributed by atoms with Crippen molar-refractivity contribution in [1.82, 2.24) is 5.32 Å². The quantitative estimate of drug-likeness (QED) is 0.558. The van der Waals surface area contributed by atoms with Gasteiger partial charge < -0.3 is 11.1 Å². The van der Waals surface area contributed by atoms with E-state index in [2.05, 4.69) is 26.1 Å². The van der Waals surface area contributed by atoms with Crippen LogP contribution in [0.15, 0.2) is 0 Å². The summed E-state index contributed by atoms with van der Waals surface area (Å²) in [7, 11) is 0. The van der Waals surface area contributed by atoms with Crippen LogP contribution in [0, 0.1) is 5.92 Å². The first-order valence-corrected chi connectivity index (χ1v) is 7.60. The van der Waals surface area contributed by atoms with Gasteiger partial charge in [-0.15, -0.1) is 0 Å². The lowest BCUT2D eigenvalue weighted by Crippen LogP contribution is -2.40. The van der Waals surface area contributed by atoms with Crippen LogP contribution in [0.5, 0.6) is 0 Å². The molecule has 0 aromatic rings. The third-order valence-corrected chi connectivity index (χ3v) is 3.40. The Balaban J connectivity index is 3.32. The first-order chi connectivity index (χ1) is 8.57. The average Bonchev–Trinajstić information content (AvgIpc) is 2.34. The number of amides is 1. The minimum Gasteiger partial charge on any atom is -0.355 e. The molecule has 0 spiro atoms. The summed E-state index contributed by atoms with van der Waals surface area (Å²) in [5, 5.41) is 2.91. The molecule has 0 heterocycles. The Bertz CT molecular complexity index is 205. The monoisotopic (exact) mass is 256 g/mol. The van der Waals surface area contributed by atoms with E-state index in [0.29, 0.717) is 18.9 Å². The molecule has 1 atom stereocenters. The van der Waals surface area contributed by atoms with Gasteiger partial charge in [0.25, 0.3) is 0 Å². The maximum atomic E-state index is 11.5. The molecule has 0 aliphatic heterocycles. The second-order valence-corrected chi connectivity index (χ2v) is 5.58. The molecule has 0 fully saturated rings. The van der Waals surface area contributed by atoms with Crippen LogP contribution < -0.4 is 11.1 Å². The van der Waals surface area contributed by atoms with E-state index < -0.39 is 0 Å². The minimum absolute atomic E-state index is 0.0722. The fourth-order valence-electron chi connectivity index (χ4n) is 1.80. The van der Waals surface area contributed by atoms with Crippen LogP contribution in [-0.4, -0.2) is 18.5 Å². The van der Waals surface area contributed by atoms with Crippen LogP contribution in [0.4, 0.5) is 0 Å². The van der Waals surface area contributed by atoms with E-state index >= 15 is 0 Å². The summed E-state index contributed by atoms with van der Waals surface area (Å²) in [6.07, 6.45) is 9.38. The van der Waals surface area contributed by atoms with Gasteiger partial charge in [-0.1, -0.05) is 59.3 Å². The molecule has 1 amide bonds. The Morgan fingerprint density at radius 3 is 2.17 bits per heavy atom. The molecule has 0 aliphatic rings. The molecule has 0 saturated carbocycles.